The highest BCUT2D eigenvalue weighted by molar-refractivity contribution is 5.85. The van der Waals surface area contributed by atoms with Crippen LogP contribution in [0.1, 0.15) is 24.6 Å². The van der Waals surface area contributed by atoms with E-state index < -0.39 is 0 Å². The van der Waals surface area contributed by atoms with Crippen LogP contribution in [0, 0.1) is 5.92 Å². The summed E-state index contributed by atoms with van der Waals surface area (Å²) >= 11 is 0. The van der Waals surface area contributed by atoms with E-state index in [4.69, 9.17) is 0 Å². The highest BCUT2D eigenvalue weighted by Gasteiger charge is 2.25. The van der Waals surface area contributed by atoms with Crippen molar-refractivity contribution in [3.05, 3.63) is 17.5 Å². The van der Waals surface area contributed by atoms with E-state index in [0.717, 1.165) is 25.0 Å². The standard InChI is InChI=1S/C12H20N4O.ClH/c1-8(13-2)6-14-12(17)9-3-4-10-7-15-16-11(10)5-9;/h7-9,13H,3-6H2,1-2H3,(H,14,17)(H,15,16);1H. The van der Waals surface area contributed by atoms with Crippen LogP contribution in [0.4, 0.5) is 0 Å². The van der Waals surface area contributed by atoms with E-state index >= 15 is 0 Å². The van der Waals surface area contributed by atoms with Gasteiger partial charge in [0.25, 0.3) is 0 Å². The summed E-state index contributed by atoms with van der Waals surface area (Å²) in [5.41, 5.74) is 2.38. The van der Waals surface area contributed by atoms with Gasteiger partial charge in [-0.1, -0.05) is 0 Å². The number of aromatic amines is 1. The first-order valence-corrected chi connectivity index (χ1v) is 6.16. The molecule has 102 valence electrons. The number of halogens is 1. The zero-order chi connectivity index (χ0) is 12.3. The van der Waals surface area contributed by atoms with Gasteiger partial charge in [0.15, 0.2) is 0 Å². The number of rotatable bonds is 4. The Kier molecular flexibility index (Phi) is 5.62. The number of carbonyl (C=O) groups is 1. The molecular formula is C12H21ClN4O. The van der Waals surface area contributed by atoms with Gasteiger partial charge in [-0.3, -0.25) is 9.89 Å². The first-order valence-electron chi connectivity index (χ1n) is 6.16. The van der Waals surface area contributed by atoms with Crippen LogP contribution < -0.4 is 10.6 Å². The Bertz CT molecular complexity index is 393. The first kappa shape index (κ1) is 15.0. The molecular weight excluding hydrogens is 252 g/mol. The second-order valence-electron chi connectivity index (χ2n) is 4.75. The van der Waals surface area contributed by atoms with Crippen molar-refractivity contribution < 1.29 is 4.79 Å². The number of aryl methyl sites for hydroxylation is 1. The molecule has 0 aromatic carbocycles. The lowest BCUT2D eigenvalue weighted by Gasteiger charge is -2.21. The molecule has 0 aliphatic heterocycles. The Morgan fingerprint density at radius 1 is 1.67 bits per heavy atom. The molecule has 18 heavy (non-hydrogen) atoms. The molecule has 1 heterocycles. The van der Waals surface area contributed by atoms with Crippen LogP contribution in [0.15, 0.2) is 6.20 Å². The Morgan fingerprint density at radius 2 is 2.44 bits per heavy atom. The van der Waals surface area contributed by atoms with Crippen molar-refractivity contribution in [2.45, 2.75) is 32.2 Å². The minimum atomic E-state index is 0. The molecule has 6 heteroatoms. The lowest BCUT2D eigenvalue weighted by Crippen LogP contribution is -2.41. The number of nitrogens with one attached hydrogen (secondary N) is 3. The zero-order valence-electron chi connectivity index (χ0n) is 10.8. The molecule has 0 radical (unpaired) electrons. The highest BCUT2D eigenvalue weighted by Crippen LogP contribution is 2.23. The van der Waals surface area contributed by atoms with Crippen molar-refractivity contribution in [3.63, 3.8) is 0 Å². The maximum absolute atomic E-state index is 12.0. The first-order chi connectivity index (χ1) is 8.20. The minimum absolute atomic E-state index is 0. The van der Waals surface area contributed by atoms with E-state index in [9.17, 15) is 4.79 Å². The van der Waals surface area contributed by atoms with Crippen LogP contribution >= 0.6 is 12.4 Å². The van der Waals surface area contributed by atoms with Crippen molar-refractivity contribution >= 4 is 18.3 Å². The van der Waals surface area contributed by atoms with Gasteiger partial charge < -0.3 is 10.6 Å². The van der Waals surface area contributed by atoms with E-state index in [2.05, 4.69) is 20.8 Å². The topological polar surface area (TPSA) is 69.8 Å². The number of likely N-dealkylation sites (N-methyl/N-ethyl adjacent to an activating group) is 1. The molecule has 1 aliphatic rings. The number of carbonyl (C=O) groups excluding carboxylic acids is 1. The van der Waals surface area contributed by atoms with Gasteiger partial charge in [-0.25, -0.2) is 0 Å². The fourth-order valence-corrected chi connectivity index (χ4v) is 2.13. The molecule has 5 nitrogen and oxygen atoms in total. The lowest BCUT2D eigenvalue weighted by atomic mass is 9.87. The fraction of sp³-hybridized carbons (Fsp3) is 0.667. The van der Waals surface area contributed by atoms with Crippen molar-refractivity contribution in [2.75, 3.05) is 13.6 Å². The number of aromatic nitrogens is 2. The molecule has 2 atom stereocenters. The molecule has 1 aromatic heterocycles. The van der Waals surface area contributed by atoms with Gasteiger partial charge in [0.05, 0.1) is 6.20 Å². The smallest absolute Gasteiger partial charge is 0.223 e. The highest BCUT2D eigenvalue weighted by atomic mass is 35.5. The normalized spacial score (nSPS) is 19.6. The van der Waals surface area contributed by atoms with Gasteiger partial charge in [0.2, 0.25) is 5.91 Å². The predicted octanol–water partition coefficient (Wildman–Crippen LogP) is 0.661. The van der Waals surface area contributed by atoms with E-state index in [0.29, 0.717) is 12.6 Å². The van der Waals surface area contributed by atoms with Gasteiger partial charge in [-0.05, 0) is 32.4 Å². The third-order valence-corrected chi connectivity index (χ3v) is 3.47. The van der Waals surface area contributed by atoms with Gasteiger partial charge in [-0.15, -0.1) is 12.4 Å². The summed E-state index contributed by atoms with van der Waals surface area (Å²) in [4.78, 5) is 12.0. The molecule has 1 amide bonds. The zero-order valence-corrected chi connectivity index (χ0v) is 11.6. The van der Waals surface area contributed by atoms with Crippen LogP contribution in [0.25, 0.3) is 0 Å². The van der Waals surface area contributed by atoms with Crippen molar-refractivity contribution in [2.24, 2.45) is 5.92 Å². The van der Waals surface area contributed by atoms with Crippen LogP contribution in [0.5, 0.6) is 0 Å². The summed E-state index contributed by atoms with van der Waals surface area (Å²) in [6, 6.07) is 0.310. The molecule has 0 spiro atoms. The molecule has 0 saturated carbocycles. The van der Waals surface area contributed by atoms with E-state index in [-0.39, 0.29) is 24.2 Å². The summed E-state index contributed by atoms with van der Waals surface area (Å²) in [6.45, 7) is 2.73. The average Bonchev–Trinajstić information content (AvgIpc) is 2.82. The van der Waals surface area contributed by atoms with Crippen LogP contribution in [0.3, 0.4) is 0 Å². The molecule has 2 rings (SSSR count). The molecule has 0 fully saturated rings. The van der Waals surface area contributed by atoms with Gasteiger partial charge in [0.1, 0.15) is 0 Å². The van der Waals surface area contributed by atoms with Gasteiger partial charge >= 0.3 is 0 Å². The van der Waals surface area contributed by atoms with Gasteiger partial charge in [0, 0.05) is 30.6 Å². The minimum Gasteiger partial charge on any atom is -0.354 e. The maximum Gasteiger partial charge on any atom is 0.223 e. The summed E-state index contributed by atoms with van der Waals surface area (Å²) in [6.07, 6.45) is 4.53. The van der Waals surface area contributed by atoms with Crippen molar-refractivity contribution in [1.29, 1.82) is 0 Å². The number of hydrogen-bond donors (Lipinski definition) is 3. The predicted molar refractivity (Wildman–Crippen MR) is 72.9 cm³/mol. The quantitative estimate of drug-likeness (QED) is 0.754. The Labute approximate surface area is 114 Å². The molecule has 1 aromatic rings. The molecule has 0 bridgehead atoms. The SMILES string of the molecule is CNC(C)CNC(=O)C1CCc2cn[nH]c2C1.Cl. The molecule has 3 N–H and O–H groups in total. The maximum atomic E-state index is 12.0. The molecule has 1 aliphatic carbocycles. The second-order valence-corrected chi connectivity index (χ2v) is 4.75. The largest absolute Gasteiger partial charge is 0.354 e. The number of nitrogens with zero attached hydrogens (tertiary/aromatic N) is 1. The summed E-state index contributed by atoms with van der Waals surface area (Å²) in [7, 11) is 1.90. The Morgan fingerprint density at radius 3 is 3.17 bits per heavy atom. The Balaban J connectivity index is 0.00000162. The summed E-state index contributed by atoms with van der Waals surface area (Å²) < 4.78 is 0. The lowest BCUT2D eigenvalue weighted by molar-refractivity contribution is -0.125. The summed E-state index contributed by atoms with van der Waals surface area (Å²) in [5.74, 6) is 0.249. The van der Waals surface area contributed by atoms with Crippen molar-refractivity contribution in [1.82, 2.24) is 20.8 Å². The van der Waals surface area contributed by atoms with Crippen molar-refractivity contribution in [3.8, 4) is 0 Å². The molecule has 2 unspecified atom stereocenters. The molecule has 0 saturated heterocycles. The number of H-pyrrole nitrogens is 1. The monoisotopic (exact) mass is 272 g/mol. The third-order valence-electron chi connectivity index (χ3n) is 3.47. The average molecular weight is 273 g/mol. The second kappa shape index (κ2) is 6.75. The Hall–Kier alpha value is -1.07. The summed E-state index contributed by atoms with van der Waals surface area (Å²) in [5, 5.41) is 13.1. The van der Waals surface area contributed by atoms with Crippen LogP contribution in [-0.4, -0.2) is 35.7 Å². The van der Waals surface area contributed by atoms with Crippen LogP contribution in [0.2, 0.25) is 0 Å². The number of hydrogen-bond acceptors (Lipinski definition) is 3. The van der Waals surface area contributed by atoms with E-state index in [1.165, 1.54) is 5.56 Å². The third kappa shape index (κ3) is 3.46. The van der Waals surface area contributed by atoms with Gasteiger partial charge in [-0.2, -0.15) is 5.10 Å². The fourth-order valence-electron chi connectivity index (χ4n) is 2.13. The number of amides is 1. The van der Waals surface area contributed by atoms with E-state index in [1.54, 1.807) is 0 Å². The van der Waals surface area contributed by atoms with E-state index in [1.807, 2.05) is 20.2 Å². The number of fused-ring (bicyclic) bond motifs is 1. The van der Waals surface area contributed by atoms with Crippen LogP contribution in [-0.2, 0) is 17.6 Å².